The van der Waals surface area contributed by atoms with Crippen LogP contribution < -0.4 is 4.72 Å². The molecule has 0 bridgehead atoms. The first-order valence-corrected chi connectivity index (χ1v) is 6.83. The second-order valence-corrected chi connectivity index (χ2v) is 5.11. The molecule has 1 N–H and O–H groups in total. The molecule has 3 rings (SSSR count). The molecule has 0 saturated carbocycles. The van der Waals surface area contributed by atoms with Crippen LogP contribution in [-0.4, -0.2) is 9.97 Å². The zero-order valence-corrected chi connectivity index (χ0v) is 11.3. The molecule has 4 heteroatoms. The van der Waals surface area contributed by atoms with E-state index in [1.54, 1.807) is 0 Å². The van der Waals surface area contributed by atoms with E-state index in [1.807, 2.05) is 43.7 Å². The van der Waals surface area contributed by atoms with E-state index >= 15 is 0 Å². The minimum absolute atomic E-state index is 0.955. The minimum atomic E-state index is 0.955. The summed E-state index contributed by atoms with van der Waals surface area (Å²) in [7, 11) is 0. The molecule has 0 amide bonds. The van der Waals surface area contributed by atoms with Crippen molar-refractivity contribution in [2.45, 2.75) is 11.9 Å². The standard InChI is InChI=1S/C15H13N3S/c1-11-5-6-15(17-9-11)19-18-14-4-2-3-12-10-16-8-7-13(12)14/h2-10,18H,1H3. The van der Waals surface area contributed by atoms with Crippen molar-refractivity contribution in [3.63, 3.8) is 0 Å². The number of nitrogens with zero attached hydrogens (tertiary/aromatic N) is 2. The second kappa shape index (κ2) is 5.28. The molecule has 0 fully saturated rings. The summed E-state index contributed by atoms with van der Waals surface area (Å²) in [5.41, 5.74) is 2.24. The minimum Gasteiger partial charge on any atom is -0.324 e. The highest BCUT2D eigenvalue weighted by molar-refractivity contribution is 8.00. The van der Waals surface area contributed by atoms with Gasteiger partial charge >= 0.3 is 0 Å². The fourth-order valence-corrected chi connectivity index (χ4v) is 2.47. The van der Waals surface area contributed by atoms with E-state index in [0.717, 1.165) is 21.5 Å². The number of anilines is 1. The van der Waals surface area contributed by atoms with E-state index in [4.69, 9.17) is 0 Å². The van der Waals surface area contributed by atoms with Crippen LogP contribution in [0.15, 0.2) is 60.0 Å². The van der Waals surface area contributed by atoms with Crippen LogP contribution in [0.3, 0.4) is 0 Å². The number of hydrogen-bond acceptors (Lipinski definition) is 4. The van der Waals surface area contributed by atoms with Crippen LogP contribution in [0.2, 0.25) is 0 Å². The molecule has 0 aliphatic heterocycles. The molecule has 94 valence electrons. The normalized spacial score (nSPS) is 10.6. The highest BCUT2D eigenvalue weighted by Crippen LogP contribution is 2.26. The molecule has 2 heterocycles. The third kappa shape index (κ3) is 2.69. The quantitative estimate of drug-likeness (QED) is 0.726. The molecule has 19 heavy (non-hydrogen) atoms. The molecule has 0 atom stereocenters. The zero-order valence-electron chi connectivity index (χ0n) is 10.5. The Hall–Kier alpha value is -2.07. The fraction of sp³-hybridized carbons (Fsp3) is 0.0667. The van der Waals surface area contributed by atoms with Gasteiger partial charge in [-0.1, -0.05) is 18.2 Å². The van der Waals surface area contributed by atoms with Gasteiger partial charge in [0.25, 0.3) is 0 Å². The van der Waals surface area contributed by atoms with Gasteiger partial charge in [-0.25, -0.2) is 4.98 Å². The maximum Gasteiger partial charge on any atom is 0.117 e. The van der Waals surface area contributed by atoms with Crippen molar-refractivity contribution in [3.8, 4) is 0 Å². The highest BCUT2D eigenvalue weighted by atomic mass is 32.2. The predicted molar refractivity (Wildman–Crippen MR) is 80.2 cm³/mol. The molecule has 0 aliphatic rings. The number of hydrogen-bond donors (Lipinski definition) is 1. The third-order valence-corrected chi connectivity index (χ3v) is 3.60. The number of pyridine rings is 2. The van der Waals surface area contributed by atoms with Crippen molar-refractivity contribution < 1.29 is 0 Å². The van der Waals surface area contributed by atoms with Gasteiger partial charge in [-0.3, -0.25) is 4.98 Å². The lowest BCUT2D eigenvalue weighted by Gasteiger charge is -2.08. The third-order valence-electron chi connectivity index (χ3n) is 2.83. The van der Waals surface area contributed by atoms with Crippen molar-refractivity contribution >= 4 is 28.4 Å². The van der Waals surface area contributed by atoms with Gasteiger partial charge < -0.3 is 4.72 Å². The number of aryl methyl sites for hydroxylation is 1. The van der Waals surface area contributed by atoms with Gasteiger partial charge in [-0.15, -0.1) is 0 Å². The number of benzene rings is 1. The van der Waals surface area contributed by atoms with E-state index < -0.39 is 0 Å². The van der Waals surface area contributed by atoms with E-state index in [9.17, 15) is 0 Å². The summed E-state index contributed by atoms with van der Waals surface area (Å²) >= 11 is 1.52. The maximum absolute atomic E-state index is 4.36. The van der Waals surface area contributed by atoms with Gasteiger partial charge in [0.2, 0.25) is 0 Å². The van der Waals surface area contributed by atoms with Crippen molar-refractivity contribution in [2.75, 3.05) is 4.72 Å². The van der Waals surface area contributed by atoms with Crippen molar-refractivity contribution in [2.24, 2.45) is 0 Å². The lowest BCUT2D eigenvalue weighted by Crippen LogP contribution is -1.90. The topological polar surface area (TPSA) is 37.8 Å². The summed E-state index contributed by atoms with van der Waals surface area (Å²) in [5, 5.41) is 3.25. The molecular formula is C15H13N3S. The summed E-state index contributed by atoms with van der Waals surface area (Å²) in [6.07, 6.45) is 5.55. The number of aromatic nitrogens is 2. The largest absolute Gasteiger partial charge is 0.324 e. The lowest BCUT2D eigenvalue weighted by atomic mass is 10.1. The Balaban J connectivity index is 1.84. The fourth-order valence-electron chi connectivity index (χ4n) is 1.83. The maximum atomic E-state index is 4.36. The molecular weight excluding hydrogens is 254 g/mol. The molecule has 2 aromatic heterocycles. The smallest absolute Gasteiger partial charge is 0.117 e. The lowest BCUT2D eigenvalue weighted by molar-refractivity contribution is 1.11. The van der Waals surface area contributed by atoms with E-state index in [2.05, 4.69) is 32.9 Å². The van der Waals surface area contributed by atoms with Gasteiger partial charge in [0.05, 0.1) is 5.69 Å². The summed E-state index contributed by atoms with van der Waals surface area (Å²) in [4.78, 5) is 8.50. The molecule has 0 saturated heterocycles. The Morgan fingerprint density at radius 1 is 1.05 bits per heavy atom. The summed E-state index contributed by atoms with van der Waals surface area (Å²) < 4.78 is 3.35. The van der Waals surface area contributed by atoms with Crippen LogP contribution in [0, 0.1) is 6.92 Å². The first-order chi connectivity index (χ1) is 9.33. The van der Waals surface area contributed by atoms with Gasteiger partial charge in [0, 0.05) is 41.3 Å². The number of fused-ring (bicyclic) bond motifs is 1. The van der Waals surface area contributed by atoms with Crippen LogP contribution in [0.5, 0.6) is 0 Å². The molecule has 1 aromatic carbocycles. The average Bonchev–Trinajstić information content (AvgIpc) is 2.47. The molecule has 3 nitrogen and oxygen atoms in total. The highest BCUT2D eigenvalue weighted by Gasteiger charge is 2.01. The van der Waals surface area contributed by atoms with Gasteiger partial charge in [0.1, 0.15) is 5.03 Å². The van der Waals surface area contributed by atoms with E-state index in [0.29, 0.717) is 0 Å². The summed E-state index contributed by atoms with van der Waals surface area (Å²) in [6, 6.07) is 12.2. The van der Waals surface area contributed by atoms with Crippen LogP contribution in [-0.2, 0) is 0 Å². The van der Waals surface area contributed by atoms with Gasteiger partial charge in [0.15, 0.2) is 0 Å². The van der Waals surface area contributed by atoms with Gasteiger partial charge in [-0.05, 0) is 30.7 Å². The van der Waals surface area contributed by atoms with Crippen LogP contribution in [0.25, 0.3) is 10.8 Å². The Labute approximate surface area is 116 Å². The van der Waals surface area contributed by atoms with Crippen LogP contribution >= 0.6 is 11.9 Å². The Bertz CT molecular complexity index is 690. The SMILES string of the molecule is Cc1ccc(SNc2cccc3cnccc23)nc1. The summed E-state index contributed by atoms with van der Waals surface area (Å²) in [5.74, 6) is 0. The van der Waals surface area contributed by atoms with E-state index in [1.165, 1.54) is 17.5 Å². The Morgan fingerprint density at radius 3 is 2.84 bits per heavy atom. The predicted octanol–water partition coefficient (Wildman–Crippen LogP) is 4.06. The van der Waals surface area contributed by atoms with Gasteiger partial charge in [-0.2, -0.15) is 0 Å². The summed E-state index contributed by atoms with van der Waals surface area (Å²) in [6.45, 7) is 2.03. The zero-order chi connectivity index (χ0) is 13.1. The molecule has 0 spiro atoms. The number of nitrogens with one attached hydrogen (secondary N) is 1. The van der Waals surface area contributed by atoms with E-state index in [-0.39, 0.29) is 0 Å². The Kier molecular flexibility index (Phi) is 3.33. The molecule has 0 unspecified atom stereocenters. The van der Waals surface area contributed by atoms with Crippen LogP contribution in [0.1, 0.15) is 5.56 Å². The molecule has 0 aliphatic carbocycles. The van der Waals surface area contributed by atoms with Crippen molar-refractivity contribution in [1.29, 1.82) is 0 Å². The van der Waals surface area contributed by atoms with Crippen molar-refractivity contribution in [3.05, 3.63) is 60.6 Å². The number of rotatable bonds is 3. The molecule has 3 aromatic rings. The van der Waals surface area contributed by atoms with Crippen LogP contribution in [0.4, 0.5) is 5.69 Å². The average molecular weight is 267 g/mol. The second-order valence-electron chi connectivity index (χ2n) is 4.28. The molecule has 0 radical (unpaired) electrons. The van der Waals surface area contributed by atoms with Crippen molar-refractivity contribution in [1.82, 2.24) is 9.97 Å². The monoisotopic (exact) mass is 267 g/mol. The first kappa shape index (κ1) is 12.0. The first-order valence-electron chi connectivity index (χ1n) is 6.01. The Morgan fingerprint density at radius 2 is 2.00 bits per heavy atom.